The average Bonchev–Trinajstić information content (AvgIpc) is 2.32. The van der Waals surface area contributed by atoms with Gasteiger partial charge in [0.2, 0.25) is 0 Å². The van der Waals surface area contributed by atoms with Gasteiger partial charge in [-0.05, 0) is 34.6 Å². The summed E-state index contributed by atoms with van der Waals surface area (Å²) in [7, 11) is 0. The van der Waals surface area contributed by atoms with Crippen LogP contribution in [-0.4, -0.2) is 34.3 Å². The summed E-state index contributed by atoms with van der Waals surface area (Å²) < 4.78 is 0. The summed E-state index contributed by atoms with van der Waals surface area (Å²) in [6.45, 7) is 10.1. The van der Waals surface area contributed by atoms with Crippen LogP contribution < -0.4 is 10.6 Å². The molecule has 0 saturated carbocycles. The van der Waals surface area contributed by atoms with E-state index in [1.807, 2.05) is 25.7 Å². The highest BCUT2D eigenvalue weighted by atomic mass is 35.5. The average molecular weight is 298 g/mol. The fourth-order valence-corrected chi connectivity index (χ4v) is 2.08. The summed E-state index contributed by atoms with van der Waals surface area (Å²) in [6.07, 6.45) is 0. The number of nitrogens with two attached hydrogens (primary N) is 1. The number of rotatable bonds is 4. The fourth-order valence-electron chi connectivity index (χ4n) is 1.84. The third kappa shape index (κ3) is 3.66. The lowest BCUT2D eigenvalue weighted by molar-refractivity contribution is 0.0997. The van der Waals surface area contributed by atoms with Gasteiger partial charge in [-0.25, -0.2) is 9.97 Å². The van der Waals surface area contributed by atoms with E-state index in [1.165, 1.54) is 6.92 Å². The minimum absolute atomic E-state index is 0.128. The molecule has 1 rings (SSSR count). The van der Waals surface area contributed by atoms with Gasteiger partial charge < -0.3 is 10.6 Å². The molecule has 0 aromatic carbocycles. The molecule has 0 aliphatic rings. The molecule has 0 radical (unpaired) electrons. The van der Waals surface area contributed by atoms with Crippen LogP contribution in [0, 0.1) is 6.92 Å². The third-order valence-electron chi connectivity index (χ3n) is 2.73. The zero-order valence-corrected chi connectivity index (χ0v) is 13.2. The number of amidine groups is 1. The zero-order chi connectivity index (χ0) is 15.4. The van der Waals surface area contributed by atoms with E-state index in [0.717, 1.165) is 6.54 Å². The summed E-state index contributed by atoms with van der Waals surface area (Å²) in [5, 5.41) is 0.194. The number of carbonyl (C=O) groups is 1. The van der Waals surface area contributed by atoms with E-state index in [2.05, 4.69) is 15.0 Å². The molecule has 0 fully saturated rings. The van der Waals surface area contributed by atoms with Gasteiger partial charge in [0.25, 0.3) is 5.91 Å². The second-order valence-corrected chi connectivity index (χ2v) is 5.07. The molecule has 0 spiro atoms. The number of halogens is 1. The SMILES string of the molecule is CCN(c1nc(C)c(C(=O)N=C(C)N)nc1Cl)C(C)C. The molecule has 6 nitrogen and oxygen atoms in total. The molecule has 2 N–H and O–H groups in total. The number of aliphatic imine (C=N–C) groups is 1. The van der Waals surface area contributed by atoms with Crippen LogP contribution >= 0.6 is 11.6 Å². The number of amides is 1. The molecule has 1 amide bonds. The normalized spacial score (nSPS) is 11.8. The van der Waals surface area contributed by atoms with Crippen molar-refractivity contribution in [3.05, 3.63) is 16.5 Å². The molecule has 1 heterocycles. The summed E-state index contributed by atoms with van der Waals surface area (Å²) in [5.74, 6) is 0.219. The van der Waals surface area contributed by atoms with Crippen molar-refractivity contribution in [2.24, 2.45) is 10.7 Å². The van der Waals surface area contributed by atoms with Crippen LogP contribution in [0.4, 0.5) is 5.82 Å². The van der Waals surface area contributed by atoms with E-state index in [0.29, 0.717) is 11.5 Å². The van der Waals surface area contributed by atoms with Crippen molar-refractivity contribution >= 4 is 29.2 Å². The van der Waals surface area contributed by atoms with Crippen LogP contribution in [0.1, 0.15) is 43.9 Å². The summed E-state index contributed by atoms with van der Waals surface area (Å²) in [4.78, 5) is 26.1. The molecule has 7 heteroatoms. The molecule has 110 valence electrons. The van der Waals surface area contributed by atoms with Crippen molar-refractivity contribution in [2.75, 3.05) is 11.4 Å². The Balaban J connectivity index is 3.28. The van der Waals surface area contributed by atoms with Gasteiger partial charge >= 0.3 is 0 Å². The highest BCUT2D eigenvalue weighted by molar-refractivity contribution is 6.32. The smallest absolute Gasteiger partial charge is 0.299 e. The van der Waals surface area contributed by atoms with Gasteiger partial charge in [-0.15, -0.1) is 0 Å². The van der Waals surface area contributed by atoms with Gasteiger partial charge in [0.05, 0.1) is 5.69 Å². The van der Waals surface area contributed by atoms with Crippen LogP contribution in [0.15, 0.2) is 4.99 Å². The second-order valence-electron chi connectivity index (χ2n) is 4.71. The largest absolute Gasteiger partial charge is 0.387 e. The molecular weight excluding hydrogens is 278 g/mol. The maximum Gasteiger partial charge on any atom is 0.299 e. The lowest BCUT2D eigenvalue weighted by Gasteiger charge is -2.27. The molecule has 0 aliphatic heterocycles. The Labute approximate surface area is 124 Å². The van der Waals surface area contributed by atoms with Crippen LogP contribution in [0.25, 0.3) is 0 Å². The number of aryl methyl sites for hydroxylation is 1. The molecule has 20 heavy (non-hydrogen) atoms. The number of hydrogen-bond acceptors (Lipinski definition) is 4. The van der Waals surface area contributed by atoms with Crippen molar-refractivity contribution in [3.63, 3.8) is 0 Å². The van der Waals surface area contributed by atoms with Gasteiger partial charge in [0.1, 0.15) is 5.84 Å². The highest BCUT2D eigenvalue weighted by Gasteiger charge is 2.20. The molecule has 0 aliphatic carbocycles. The van der Waals surface area contributed by atoms with Gasteiger partial charge in [0.15, 0.2) is 16.7 Å². The zero-order valence-electron chi connectivity index (χ0n) is 12.4. The van der Waals surface area contributed by atoms with E-state index in [1.54, 1.807) is 6.92 Å². The molecule has 1 aromatic rings. The fraction of sp³-hybridized carbons (Fsp3) is 0.538. The Bertz CT molecular complexity index is 538. The van der Waals surface area contributed by atoms with Gasteiger partial charge in [-0.3, -0.25) is 4.79 Å². The summed E-state index contributed by atoms with van der Waals surface area (Å²) >= 11 is 6.15. The predicted octanol–water partition coefficient (Wildman–Crippen LogP) is 2.19. The first-order chi connectivity index (χ1) is 9.27. The van der Waals surface area contributed by atoms with Crippen LogP contribution in [-0.2, 0) is 0 Å². The molecule has 1 aromatic heterocycles. The third-order valence-corrected chi connectivity index (χ3v) is 2.98. The van der Waals surface area contributed by atoms with E-state index < -0.39 is 5.91 Å². The lowest BCUT2D eigenvalue weighted by atomic mass is 10.3. The topological polar surface area (TPSA) is 84.5 Å². The number of hydrogen-bond donors (Lipinski definition) is 1. The van der Waals surface area contributed by atoms with Crippen molar-refractivity contribution in [2.45, 2.75) is 40.7 Å². The first-order valence-corrected chi connectivity index (χ1v) is 6.81. The minimum atomic E-state index is -0.531. The first-order valence-electron chi connectivity index (χ1n) is 6.43. The Morgan fingerprint density at radius 1 is 1.45 bits per heavy atom. The molecule has 0 atom stereocenters. The van der Waals surface area contributed by atoms with Gasteiger partial charge in [-0.2, -0.15) is 4.99 Å². The molecule has 0 unspecified atom stereocenters. The Hall–Kier alpha value is -1.69. The standard InChI is InChI=1S/C13H20ClN5O/c1-6-19(7(2)3)12-11(14)18-10(8(4)16-12)13(20)17-9(5)15/h7H,6H2,1-5H3,(H2,15,17,20). The van der Waals surface area contributed by atoms with Crippen LogP contribution in [0.3, 0.4) is 0 Å². The quantitative estimate of drug-likeness (QED) is 0.680. The van der Waals surface area contributed by atoms with Crippen LogP contribution in [0.5, 0.6) is 0 Å². The Kier molecular flexibility index (Phi) is 5.44. The Morgan fingerprint density at radius 3 is 2.50 bits per heavy atom. The van der Waals surface area contributed by atoms with E-state index in [9.17, 15) is 4.79 Å². The van der Waals surface area contributed by atoms with Crippen molar-refractivity contribution in [1.82, 2.24) is 9.97 Å². The molecular formula is C13H20ClN5O. The summed E-state index contributed by atoms with van der Waals surface area (Å²) in [5.41, 5.74) is 6.01. The van der Waals surface area contributed by atoms with Crippen molar-refractivity contribution in [3.8, 4) is 0 Å². The van der Waals surface area contributed by atoms with E-state index in [4.69, 9.17) is 17.3 Å². The van der Waals surface area contributed by atoms with Crippen LogP contribution in [0.2, 0.25) is 5.15 Å². The minimum Gasteiger partial charge on any atom is -0.387 e. The van der Waals surface area contributed by atoms with E-state index >= 15 is 0 Å². The maximum atomic E-state index is 11.9. The number of nitrogens with zero attached hydrogens (tertiary/aromatic N) is 4. The number of carbonyl (C=O) groups excluding carboxylic acids is 1. The highest BCUT2D eigenvalue weighted by Crippen LogP contribution is 2.24. The van der Waals surface area contributed by atoms with Gasteiger partial charge in [-0.1, -0.05) is 11.6 Å². The van der Waals surface area contributed by atoms with Crippen molar-refractivity contribution in [1.29, 1.82) is 0 Å². The van der Waals surface area contributed by atoms with Crippen molar-refractivity contribution < 1.29 is 4.79 Å². The Morgan fingerprint density at radius 2 is 2.05 bits per heavy atom. The first kappa shape index (κ1) is 16.4. The van der Waals surface area contributed by atoms with E-state index in [-0.39, 0.29) is 22.7 Å². The number of anilines is 1. The number of aromatic nitrogens is 2. The summed E-state index contributed by atoms with van der Waals surface area (Å²) in [6, 6.07) is 0.233. The van der Waals surface area contributed by atoms with Gasteiger partial charge in [0, 0.05) is 12.6 Å². The lowest BCUT2D eigenvalue weighted by Crippen LogP contribution is -2.32. The molecule has 0 saturated heterocycles. The molecule has 0 bridgehead atoms. The predicted molar refractivity (Wildman–Crippen MR) is 81.6 cm³/mol. The maximum absolute atomic E-state index is 11.9. The monoisotopic (exact) mass is 297 g/mol. The second kappa shape index (κ2) is 6.65.